The molecule has 6 rings (SSSR count). The quantitative estimate of drug-likeness (QED) is 0.387. The van der Waals surface area contributed by atoms with Gasteiger partial charge in [0.15, 0.2) is 0 Å². The van der Waals surface area contributed by atoms with Crippen molar-refractivity contribution in [3.63, 3.8) is 0 Å². The van der Waals surface area contributed by atoms with Gasteiger partial charge in [-0.05, 0) is 55.6 Å². The van der Waals surface area contributed by atoms with Crippen LogP contribution in [0.1, 0.15) is 10.4 Å². The summed E-state index contributed by atoms with van der Waals surface area (Å²) >= 11 is 0. The van der Waals surface area contributed by atoms with Crippen molar-refractivity contribution in [2.75, 3.05) is 38.1 Å². The van der Waals surface area contributed by atoms with E-state index < -0.39 is 5.91 Å². The number of primary amides is 1. The third kappa shape index (κ3) is 3.68. The minimum Gasteiger partial charge on any atom is -0.369 e. The number of amides is 1. The topological polar surface area (TPSA) is 107 Å². The Labute approximate surface area is 196 Å². The van der Waals surface area contributed by atoms with Gasteiger partial charge < -0.3 is 25.5 Å². The van der Waals surface area contributed by atoms with Crippen molar-refractivity contribution in [1.82, 2.24) is 24.8 Å². The average molecular weight is 452 g/mol. The van der Waals surface area contributed by atoms with Crippen LogP contribution in [0.3, 0.4) is 0 Å². The maximum absolute atomic E-state index is 11.3. The van der Waals surface area contributed by atoms with E-state index in [-0.39, 0.29) is 0 Å². The Balaban J connectivity index is 1.30. The van der Waals surface area contributed by atoms with Gasteiger partial charge in [-0.2, -0.15) is 0 Å². The number of fused-ring (bicyclic) bond motifs is 2. The largest absolute Gasteiger partial charge is 0.369 e. The molecule has 1 saturated heterocycles. The van der Waals surface area contributed by atoms with Crippen molar-refractivity contribution in [2.45, 2.75) is 0 Å². The number of anilines is 1. The summed E-state index contributed by atoms with van der Waals surface area (Å²) in [6, 6.07) is 19.6. The van der Waals surface area contributed by atoms with E-state index in [0.717, 1.165) is 71.0 Å². The van der Waals surface area contributed by atoms with Gasteiger partial charge in [-0.1, -0.05) is 12.1 Å². The molecule has 0 saturated carbocycles. The summed E-state index contributed by atoms with van der Waals surface area (Å²) in [6.45, 7) is 4.22. The van der Waals surface area contributed by atoms with Crippen molar-refractivity contribution in [2.24, 2.45) is 5.73 Å². The lowest BCUT2D eigenvalue weighted by molar-refractivity contribution is 0.100. The van der Waals surface area contributed by atoms with E-state index in [1.165, 1.54) is 5.69 Å². The first-order valence-electron chi connectivity index (χ1n) is 11.4. The van der Waals surface area contributed by atoms with E-state index in [0.29, 0.717) is 5.56 Å². The SMILES string of the molecule is CN1CCN(c2ccc3nc(-c4ccc5nc(-c6ccc(C(N)=O)cc6)[nH]c5c4)[nH]c3c2)CC1. The van der Waals surface area contributed by atoms with Gasteiger partial charge >= 0.3 is 0 Å². The number of carbonyl (C=O) groups excluding carboxylic acids is 1. The number of rotatable bonds is 4. The monoisotopic (exact) mass is 451 g/mol. The predicted octanol–water partition coefficient (Wildman–Crippen LogP) is 3.62. The molecule has 3 aromatic carbocycles. The second-order valence-corrected chi connectivity index (χ2v) is 8.84. The molecule has 0 atom stereocenters. The number of carbonyl (C=O) groups is 1. The fourth-order valence-electron chi connectivity index (χ4n) is 4.48. The summed E-state index contributed by atoms with van der Waals surface area (Å²) in [6.07, 6.45) is 0. The number of hydrogen-bond acceptors (Lipinski definition) is 5. The van der Waals surface area contributed by atoms with Gasteiger partial charge in [0, 0.05) is 48.6 Å². The summed E-state index contributed by atoms with van der Waals surface area (Å²) < 4.78 is 0. The molecule has 0 unspecified atom stereocenters. The van der Waals surface area contributed by atoms with Crippen LogP contribution in [-0.2, 0) is 0 Å². The first-order valence-corrected chi connectivity index (χ1v) is 11.4. The molecule has 34 heavy (non-hydrogen) atoms. The summed E-state index contributed by atoms with van der Waals surface area (Å²) in [5.74, 6) is 1.13. The van der Waals surface area contributed by atoms with Crippen molar-refractivity contribution in [3.8, 4) is 22.8 Å². The molecule has 1 fully saturated rings. The number of likely N-dealkylation sites (N-methyl/N-ethyl adjacent to an activating group) is 1. The van der Waals surface area contributed by atoms with Crippen LogP contribution in [0, 0.1) is 0 Å². The molecule has 1 aliphatic rings. The predicted molar refractivity (Wildman–Crippen MR) is 135 cm³/mol. The zero-order valence-corrected chi connectivity index (χ0v) is 18.9. The Hall–Kier alpha value is -4.17. The standard InChI is InChI=1S/C26H25N7O/c1-32-10-12-33(13-11-32)19-7-9-21-23(15-19)31-26(29-21)18-6-8-20-22(14-18)30-25(28-20)17-4-2-16(3-5-17)24(27)34/h2-9,14-15H,10-13H2,1H3,(H2,27,34)(H,28,30)(H,29,31). The highest BCUT2D eigenvalue weighted by Gasteiger charge is 2.16. The van der Waals surface area contributed by atoms with Crippen molar-refractivity contribution >= 4 is 33.7 Å². The van der Waals surface area contributed by atoms with E-state index >= 15 is 0 Å². The molecule has 0 radical (unpaired) electrons. The van der Waals surface area contributed by atoms with Crippen LogP contribution in [0.2, 0.25) is 0 Å². The summed E-state index contributed by atoms with van der Waals surface area (Å²) in [5.41, 5.74) is 12.7. The number of benzene rings is 3. The van der Waals surface area contributed by atoms with E-state index in [1.807, 2.05) is 24.3 Å². The number of piperazine rings is 1. The van der Waals surface area contributed by atoms with E-state index in [2.05, 4.69) is 51.1 Å². The number of nitrogens with zero attached hydrogens (tertiary/aromatic N) is 4. The molecule has 4 N–H and O–H groups in total. The van der Waals surface area contributed by atoms with Crippen molar-refractivity contribution in [1.29, 1.82) is 0 Å². The second kappa shape index (κ2) is 8.00. The third-order valence-corrected chi connectivity index (χ3v) is 6.53. The molecule has 8 heteroatoms. The molecule has 2 aromatic heterocycles. The molecule has 0 aliphatic carbocycles. The summed E-state index contributed by atoms with van der Waals surface area (Å²) in [4.78, 5) is 32.5. The van der Waals surface area contributed by atoms with Crippen molar-refractivity contribution in [3.05, 3.63) is 66.2 Å². The lowest BCUT2D eigenvalue weighted by atomic mass is 10.1. The number of hydrogen-bond donors (Lipinski definition) is 3. The van der Waals surface area contributed by atoms with Crippen LogP contribution in [0.25, 0.3) is 44.8 Å². The summed E-state index contributed by atoms with van der Waals surface area (Å²) in [7, 11) is 2.17. The first kappa shape index (κ1) is 20.4. The van der Waals surface area contributed by atoms with Gasteiger partial charge in [-0.15, -0.1) is 0 Å². The van der Waals surface area contributed by atoms with Crippen LogP contribution in [-0.4, -0.2) is 64.0 Å². The minimum absolute atomic E-state index is 0.442. The van der Waals surface area contributed by atoms with Crippen LogP contribution in [0.15, 0.2) is 60.7 Å². The van der Waals surface area contributed by atoms with Gasteiger partial charge in [-0.3, -0.25) is 4.79 Å². The van der Waals surface area contributed by atoms with Gasteiger partial charge in [0.2, 0.25) is 5.91 Å². The second-order valence-electron chi connectivity index (χ2n) is 8.84. The highest BCUT2D eigenvalue weighted by atomic mass is 16.1. The Kier molecular flexibility index (Phi) is 4.81. The van der Waals surface area contributed by atoms with Crippen LogP contribution in [0.5, 0.6) is 0 Å². The molecule has 8 nitrogen and oxygen atoms in total. The zero-order chi connectivity index (χ0) is 23.2. The van der Waals surface area contributed by atoms with E-state index in [4.69, 9.17) is 15.7 Å². The molecule has 1 aliphatic heterocycles. The highest BCUT2D eigenvalue weighted by Crippen LogP contribution is 2.28. The van der Waals surface area contributed by atoms with Crippen LogP contribution < -0.4 is 10.6 Å². The third-order valence-electron chi connectivity index (χ3n) is 6.53. The maximum Gasteiger partial charge on any atom is 0.248 e. The molecule has 1 amide bonds. The van der Waals surface area contributed by atoms with Gasteiger partial charge in [-0.25, -0.2) is 9.97 Å². The first-order chi connectivity index (χ1) is 16.5. The summed E-state index contributed by atoms with van der Waals surface area (Å²) in [5, 5.41) is 0. The Morgan fingerprint density at radius 2 is 1.38 bits per heavy atom. The Morgan fingerprint density at radius 1 is 0.794 bits per heavy atom. The van der Waals surface area contributed by atoms with Gasteiger partial charge in [0.1, 0.15) is 11.6 Å². The molecular formula is C26H25N7O. The Morgan fingerprint density at radius 3 is 2.06 bits per heavy atom. The maximum atomic E-state index is 11.3. The lowest BCUT2D eigenvalue weighted by Crippen LogP contribution is -2.44. The smallest absolute Gasteiger partial charge is 0.248 e. The van der Waals surface area contributed by atoms with Gasteiger partial charge in [0.25, 0.3) is 0 Å². The molecule has 0 bridgehead atoms. The minimum atomic E-state index is -0.442. The molecule has 5 aromatic rings. The van der Waals surface area contributed by atoms with E-state index in [9.17, 15) is 4.79 Å². The van der Waals surface area contributed by atoms with Crippen LogP contribution in [0.4, 0.5) is 5.69 Å². The Bertz CT molecular complexity index is 1510. The number of imidazole rings is 2. The highest BCUT2D eigenvalue weighted by molar-refractivity contribution is 5.93. The lowest BCUT2D eigenvalue weighted by Gasteiger charge is -2.34. The fourth-order valence-corrected chi connectivity index (χ4v) is 4.48. The molecule has 3 heterocycles. The number of nitrogens with one attached hydrogen (secondary N) is 2. The number of nitrogens with two attached hydrogens (primary N) is 1. The average Bonchev–Trinajstić information content (AvgIpc) is 3.48. The number of aromatic nitrogens is 4. The van der Waals surface area contributed by atoms with Gasteiger partial charge in [0.05, 0.1) is 22.1 Å². The van der Waals surface area contributed by atoms with Crippen molar-refractivity contribution < 1.29 is 4.79 Å². The molecule has 170 valence electrons. The molecule has 0 spiro atoms. The molecular weight excluding hydrogens is 426 g/mol. The van der Waals surface area contributed by atoms with Crippen LogP contribution >= 0.6 is 0 Å². The normalized spacial score (nSPS) is 14.8. The fraction of sp³-hybridized carbons (Fsp3) is 0.192. The number of H-pyrrole nitrogens is 2. The number of aromatic amines is 2. The zero-order valence-electron chi connectivity index (χ0n) is 18.9. The van der Waals surface area contributed by atoms with E-state index in [1.54, 1.807) is 12.1 Å².